The van der Waals surface area contributed by atoms with Gasteiger partial charge in [-0.1, -0.05) is 23.7 Å². The molecule has 0 fully saturated rings. The molecule has 1 amide bonds. The van der Waals surface area contributed by atoms with Crippen molar-refractivity contribution in [3.05, 3.63) is 75.8 Å². The Balaban J connectivity index is 1.75. The van der Waals surface area contributed by atoms with E-state index >= 15 is 0 Å². The van der Waals surface area contributed by atoms with E-state index in [0.717, 1.165) is 0 Å². The van der Waals surface area contributed by atoms with Crippen LogP contribution in [0.3, 0.4) is 0 Å². The Bertz CT molecular complexity index is 1300. The molecule has 0 aliphatic carbocycles. The number of halogens is 2. The number of amides is 1. The highest BCUT2D eigenvalue weighted by Crippen LogP contribution is 2.36. The monoisotopic (exact) mass is 457 g/mol. The van der Waals surface area contributed by atoms with Crippen molar-refractivity contribution in [1.29, 1.82) is 0 Å². The van der Waals surface area contributed by atoms with E-state index in [1.165, 1.54) is 23.5 Å². The zero-order valence-corrected chi connectivity index (χ0v) is 18.2. The summed E-state index contributed by atoms with van der Waals surface area (Å²) in [7, 11) is 0. The van der Waals surface area contributed by atoms with Crippen LogP contribution in [0.4, 0.5) is 9.39 Å². The highest BCUT2D eigenvalue weighted by molar-refractivity contribution is 7.15. The minimum atomic E-state index is -0.569. The van der Waals surface area contributed by atoms with Crippen LogP contribution in [0, 0.1) is 12.7 Å². The Morgan fingerprint density at radius 1 is 1.26 bits per heavy atom. The van der Waals surface area contributed by atoms with Crippen LogP contribution in [0.15, 0.2) is 48.0 Å². The molecule has 3 aromatic heterocycles. The maximum Gasteiger partial charge on any atom is 0.341 e. The number of nitrogens with zero attached hydrogens (tertiary/aromatic N) is 2. The van der Waals surface area contributed by atoms with Gasteiger partial charge < -0.3 is 10.1 Å². The number of benzene rings is 1. The van der Waals surface area contributed by atoms with Crippen molar-refractivity contribution in [2.75, 3.05) is 11.9 Å². The first-order chi connectivity index (χ1) is 14.9. The quantitative estimate of drug-likeness (QED) is 0.396. The summed E-state index contributed by atoms with van der Waals surface area (Å²) in [5.74, 6) is -1.38. The van der Waals surface area contributed by atoms with Gasteiger partial charge in [0, 0.05) is 28.2 Å². The van der Waals surface area contributed by atoms with Crippen LogP contribution >= 0.6 is 22.9 Å². The predicted molar refractivity (Wildman–Crippen MR) is 119 cm³/mol. The fourth-order valence-corrected chi connectivity index (χ4v) is 4.38. The number of ether oxygens (including phenoxy) is 1. The molecule has 4 rings (SSSR count). The number of carbonyl (C=O) groups excluding carboxylic acids is 2. The molecule has 0 aliphatic heterocycles. The maximum atomic E-state index is 13.3. The number of fused-ring (bicyclic) bond motifs is 1. The van der Waals surface area contributed by atoms with E-state index in [-0.39, 0.29) is 18.0 Å². The smallest absolute Gasteiger partial charge is 0.341 e. The van der Waals surface area contributed by atoms with E-state index < -0.39 is 11.9 Å². The molecule has 0 saturated carbocycles. The van der Waals surface area contributed by atoms with Gasteiger partial charge in [0.15, 0.2) is 0 Å². The number of imidazole rings is 1. The number of hydrogen-bond acceptors (Lipinski definition) is 5. The van der Waals surface area contributed by atoms with Gasteiger partial charge in [0.2, 0.25) is 0 Å². The van der Waals surface area contributed by atoms with Gasteiger partial charge >= 0.3 is 5.97 Å². The maximum absolute atomic E-state index is 13.3. The minimum Gasteiger partial charge on any atom is -0.462 e. The standard InChI is InChI=1S/C22H17ClFN3O3S/c1-3-30-22(29)18-16(13-4-6-15(24)7-5-13)11-31-21(18)26-20(28)19-12(2)25-17-10-14(23)8-9-27(17)19/h4-11H,3H2,1-2H3,(H,26,28). The average Bonchev–Trinajstić information content (AvgIpc) is 3.28. The van der Waals surface area contributed by atoms with Crippen LogP contribution in [0.1, 0.15) is 33.5 Å². The molecule has 158 valence electrons. The summed E-state index contributed by atoms with van der Waals surface area (Å²) in [4.78, 5) is 30.2. The lowest BCUT2D eigenvalue weighted by atomic mass is 10.0. The predicted octanol–water partition coefficient (Wildman–Crippen LogP) is 5.59. The molecule has 3 heterocycles. The Kier molecular flexibility index (Phi) is 5.75. The van der Waals surface area contributed by atoms with Gasteiger partial charge in [-0.05, 0) is 37.6 Å². The zero-order chi connectivity index (χ0) is 22.1. The number of carbonyl (C=O) groups is 2. The third kappa shape index (κ3) is 4.04. The number of aromatic nitrogens is 2. The van der Waals surface area contributed by atoms with E-state index in [4.69, 9.17) is 16.3 Å². The molecule has 31 heavy (non-hydrogen) atoms. The highest BCUT2D eigenvalue weighted by atomic mass is 35.5. The van der Waals surface area contributed by atoms with Crippen LogP contribution in [0.2, 0.25) is 5.02 Å². The zero-order valence-electron chi connectivity index (χ0n) is 16.6. The molecule has 6 nitrogen and oxygen atoms in total. The largest absolute Gasteiger partial charge is 0.462 e. The first kappa shape index (κ1) is 21.0. The molecule has 0 bridgehead atoms. The van der Waals surface area contributed by atoms with Gasteiger partial charge in [-0.2, -0.15) is 0 Å². The normalized spacial score (nSPS) is 11.0. The molecule has 0 unspecified atom stereocenters. The number of hydrogen-bond donors (Lipinski definition) is 1. The van der Waals surface area contributed by atoms with Crippen molar-refractivity contribution in [1.82, 2.24) is 9.38 Å². The van der Waals surface area contributed by atoms with Crippen LogP contribution in [0.25, 0.3) is 16.8 Å². The SMILES string of the molecule is CCOC(=O)c1c(-c2ccc(F)cc2)csc1NC(=O)c1c(C)nc2cc(Cl)ccn12. The van der Waals surface area contributed by atoms with Crippen LogP contribution in [0.5, 0.6) is 0 Å². The first-order valence-electron chi connectivity index (χ1n) is 9.39. The number of aryl methyl sites for hydroxylation is 1. The van der Waals surface area contributed by atoms with Crippen LogP contribution in [-0.2, 0) is 4.74 Å². The molecule has 0 spiro atoms. The van der Waals surface area contributed by atoms with E-state index in [1.54, 1.807) is 54.1 Å². The van der Waals surface area contributed by atoms with Gasteiger partial charge in [-0.25, -0.2) is 14.2 Å². The molecule has 0 atom stereocenters. The molecule has 0 aliphatic rings. The number of nitrogens with one attached hydrogen (secondary N) is 1. The Hall–Kier alpha value is -3.23. The van der Waals surface area contributed by atoms with Crippen LogP contribution in [-0.4, -0.2) is 27.9 Å². The fraction of sp³-hybridized carbons (Fsp3) is 0.136. The molecule has 1 N–H and O–H groups in total. The summed E-state index contributed by atoms with van der Waals surface area (Å²) >= 11 is 7.21. The molecule has 0 radical (unpaired) electrons. The Morgan fingerprint density at radius 2 is 2.00 bits per heavy atom. The highest BCUT2D eigenvalue weighted by Gasteiger charge is 2.25. The third-order valence-corrected chi connectivity index (χ3v) is 5.76. The number of esters is 1. The number of pyridine rings is 1. The van der Waals surface area contributed by atoms with Crippen molar-refractivity contribution in [3.8, 4) is 11.1 Å². The van der Waals surface area contributed by atoms with Gasteiger partial charge in [0.05, 0.1) is 12.3 Å². The van der Waals surface area contributed by atoms with Crippen LogP contribution < -0.4 is 5.32 Å². The number of anilines is 1. The van der Waals surface area contributed by atoms with Gasteiger partial charge in [-0.3, -0.25) is 9.20 Å². The second kappa shape index (κ2) is 8.49. The van der Waals surface area contributed by atoms with E-state index in [1.807, 2.05) is 0 Å². The second-order valence-electron chi connectivity index (χ2n) is 6.65. The van der Waals surface area contributed by atoms with Gasteiger partial charge in [-0.15, -0.1) is 11.3 Å². The fourth-order valence-electron chi connectivity index (χ4n) is 3.27. The van der Waals surface area contributed by atoms with E-state index in [0.29, 0.717) is 38.2 Å². The minimum absolute atomic E-state index is 0.179. The first-order valence-corrected chi connectivity index (χ1v) is 10.6. The van der Waals surface area contributed by atoms with Crippen molar-refractivity contribution >= 4 is 45.5 Å². The average molecular weight is 458 g/mol. The summed E-state index contributed by atoms with van der Waals surface area (Å²) in [5.41, 5.74) is 2.81. The molecule has 0 saturated heterocycles. The molecular formula is C22H17ClFN3O3S. The second-order valence-corrected chi connectivity index (χ2v) is 7.97. The Labute approximate surface area is 186 Å². The topological polar surface area (TPSA) is 72.7 Å². The molecule has 1 aromatic carbocycles. The molecular weight excluding hydrogens is 441 g/mol. The summed E-state index contributed by atoms with van der Waals surface area (Å²) in [6, 6.07) is 9.09. The van der Waals surface area contributed by atoms with Gasteiger partial charge in [0.1, 0.15) is 27.7 Å². The van der Waals surface area contributed by atoms with Gasteiger partial charge in [0.25, 0.3) is 5.91 Å². The van der Waals surface area contributed by atoms with Crippen molar-refractivity contribution in [3.63, 3.8) is 0 Å². The summed E-state index contributed by atoms with van der Waals surface area (Å²) < 4.78 is 20.2. The third-order valence-electron chi connectivity index (χ3n) is 4.63. The van der Waals surface area contributed by atoms with Crippen molar-refractivity contribution < 1.29 is 18.7 Å². The molecule has 4 aromatic rings. The summed E-state index contributed by atoms with van der Waals surface area (Å²) in [6.07, 6.45) is 1.66. The lowest BCUT2D eigenvalue weighted by molar-refractivity contribution is 0.0529. The number of rotatable bonds is 5. The lowest BCUT2D eigenvalue weighted by Crippen LogP contribution is -2.17. The Morgan fingerprint density at radius 3 is 2.71 bits per heavy atom. The summed E-state index contributed by atoms with van der Waals surface area (Å²) in [6.45, 7) is 3.60. The summed E-state index contributed by atoms with van der Waals surface area (Å²) in [5, 5.41) is 5.39. The van der Waals surface area contributed by atoms with Crippen molar-refractivity contribution in [2.24, 2.45) is 0 Å². The van der Waals surface area contributed by atoms with Crippen molar-refractivity contribution in [2.45, 2.75) is 13.8 Å². The molecule has 9 heteroatoms. The number of thiophene rings is 1. The van der Waals surface area contributed by atoms with E-state index in [2.05, 4.69) is 10.3 Å². The van der Waals surface area contributed by atoms with E-state index in [9.17, 15) is 14.0 Å². The lowest BCUT2D eigenvalue weighted by Gasteiger charge is -2.09.